The Morgan fingerprint density at radius 1 is 1.41 bits per heavy atom. The Bertz CT molecular complexity index is 589. The van der Waals surface area contributed by atoms with Gasteiger partial charge in [0.05, 0.1) is 17.4 Å². The number of hydrogen-bond donors (Lipinski definition) is 1. The van der Waals surface area contributed by atoms with E-state index in [0.29, 0.717) is 16.4 Å². The van der Waals surface area contributed by atoms with Gasteiger partial charge >= 0.3 is 0 Å². The molecule has 84 valence electrons. The van der Waals surface area contributed by atoms with Gasteiger partial charge in [-0.05, 0) is 24.6 Å². The molecule has 0 aromatic carbocycles. The van der Waals surface area contributed by atoms with Crippen molar-refractivity contribution in [3.8, 4) is 6.07 Å². The van der Waals surface area contributed by atoms with Crippen LogP contribution in [0.4, 0.5) is 11.5 Å². The van der Waals surface area contributed by atoms with E-state index in [2.05, 4.69) is 15.3 Å². The largest absolute Gasteiger partial charge is 0.338 e. The van der Waals surface area contributed by atoms with Gasteiger partial charge in [0.25, 0.3) is 0 Å². The van der Waals surface area contributed by atoms with Crippen molar-refractivity contribution in [1.29, 1.82) is 5.26 Å². The number of aromatic nitrogens is 2. The Morgan fingerprint density at radius 3 is 2.94 bits per heavy atom. The summed E-state index contributed by atoms with van der Waals surface area (Å²) < 4.78 is 0. The van der Waals surface area contributed by atoms with Gasteiger partial charge in [-0.2, -0.15) is 5.26 Å². The van der Waals surface area contributed by atoms with Crippen molar-refractivity contribution < 1.29 is 0 Å². The maximum Gasteiger partial charge on any atom is 0.150 e. The van der Waals surface area contributed by atoms with Gasteiger partial charge < -0.3 is 5.32 Å². The molecular weight excluding hydrogens is 236 g/mol. The fraction of sp³-hybridized carbons (Fsp3) is 0.0833. The van der Waals surface area contributed by atoms with E-state index in [1.54, 1.807) is 18.5 Å². The molecule has 2 aromatic rings. The highest BCUT2D eigenvalue weighted by Gasteiger charge is 2.07. The smallest absolute Gasteiger partial charge is 0.150 e. The number of halogens is 1. The summed E-state index contributed by atoms with van der Waals surface area (Å²) in [5.41, 5.74) is 2.21. The fourth-order valence-corrected chi connectivity index (χ4v) is 1.58. The van der Waals surface area contributed by atoms with Crippen LogP contribution in [0.2, 0.25) is 5.02 Å². The van der Waals surface area contributed by atoms with Crippen molar-refractivity contribution in [3.05, 3.63) is 46.9 Å². The lowest BCUT2D eigenvalue weighted by atomic mass is 10.2. The first kappa shape index (κ1) is 11.4. The van der Waals surface area contributed by atoms with Crippen LogP contribution in [-0.4, -0.2) is 9.97 Å². The highest BCUT2D eigenvalue weighted by Crippen LogP contribution is 2.25. The molecule has 0 bridgehead atoms. The molecule has 0 aliphatic rings. The number of rotatable bonds is 2. The zero-order valence-corrected chi connectivity index (χ0v) is 9.86. The first-order chi connectivity index (χ1) is 8.20. The summed E-state index contributed by atoms with van der Waals surface area (Å²) in [6, 6.07) is 5.50. The summed E-state index contributed by atoms with van der Waals surface area (Å²) in [5, 5.41) is 12.2. The molecule has 2 aromatic heterocycles. The Hall–Kier alpha value is -2.12. The molecule has 0 amide bonds. The zero-order valence-electron chi connectivity index (χ0n) is 9.11. The van der Waals surface area contributed by atoms with Crippen LogP contribution in [0.3, 0.4) is 0 Å². The minimum Gasteiger partial charge on any atom is -0.338 e. The van der Waals surface area contributed by atoms with Crippen LogP contribution < -0.4 is 5.32 Å². The molecule has 0 saturated carbocycles. The average Bonchev–Trinajstić information content (AvgIpc) is 2.32. The topological polar surface area (TPSA) is 61.6 Å². The molecule has 0 unspecified atom stereocenters. The van der Waals surface area contributed by atoms with E-state index in [-0.39, 0.29) is 0 Å². The Morgan fingerprint density at radius 2 is 2.24 bits per heavy atom. The maximum atomic E-state index is 8.85. The second kappa shape index (κ2) is 4.81. The first-order valence-electron chi connectivity index (χ1n) is 4.94. The summed E-state index contributed by atoms with van der Waals surface area (Å²) >= 11 is 6.03. The third-order valence-electron chi connectivity index (χ3n) is 2.15. The van der Waals surface area contributed by atoms with Gasteiger partial charge in [-0.15, -0.1) is 0 Å². The predicted octanol–water partition coefficient (Wildman–Crippen LogP) is 3.05. The van der Waals surface area contributed by atoms with Crippen molar-refractivity contribution in [1.82, 2.24) is 9.97 Å². The van der Waals surface area contributed by atoms with Crippen molar-refractivity contribution in [3.63, 3.8) is 0 Å². The number of hydrogen-bond acceptors (Lipinski definition) is 4. The molecular formula is C12H9ClN4. The number of nitrogens with one attached hydrogen (secondary N) is 1. The summed E-state index contributed by atoms with van der Waals surface area (Å²) in [6.45, 7) is 1.94. The molecule has 0 aliphatic heterocycles. The summed E-state index contributed by atoms with van der Waals surface area (Å²) in [7, 11) is 0. The van der Waals surface area contributed by atoms with Crippen molar-refractivity contribution in [2.24, 2.45) is 0 Å². The third kappa shape index (κ3) is 2.52. The molecule has 0 atom stereocenters. The second-order valence-electron chi connectivity index (χ2n) is 3.51. The number of anilines is 2. The lowest BCUT2D eigenvalue weighted by Crippen LogP contribution is -1.96. The fourth-order valence-electron chi connectivity index (χ4n) is 1.38. The van der Waals surface area contributed by atoms with Crippen LogP contribution >= 0.6 is 11.6 Å². The molecule has 0 saturated heterocycles. The molecule has 2 heterocycles. The Labute approximate surface area is 104 Å². The lowest BCUT2D eigenvalue weighted by molar-refractivity contribution is 1.24. The number of aryl methyl sites for hydroxylation is 1. The van der Waals surface area contributed by atoms with Gasteiger partial charge in [-0.25, -0.2) is 4.98 Å². The molecule has 0 radical (unpaired) electrons. The molecule has 2 rings (SSSR count). The maximum absolute atomic E-state index is 8.85. The van der Waals surface area contributed by atoms with E-state index in [1.165, 1.54) is 6.20 Å². The van der Waals surface area contributed by atoms with Crippen LogP contribution in [0, 0.1) is 18.3 Å². The number of pyridine rings is 2. The highest BCUT2D eigenvalue weighted by molar-refractivity contribution is 6.34. The minimum atomic E-state index is 0.316. The predicted molar refractivity (Wildman–Crippen MR) is 66.2 cm³/mol. The van der Waals surface area contributed by atoms with Gasteiger partial charge in [-0.3, -0.25) is 4.98 Å². The van der Waals surface area contributed by atoms with E-state index in [1.807, 2.05) is 19.1 Å². The molecule has 0 spiro atoms. The van der Waals surface area contributed by atoms with Gasteiger partial charge in [-0.1, -0.05) is 11.6 Å². The van der Waals surface area contributed by atoms with Crippen molar-refractivity contribution in [2.75, 3.05) is 5.32 Å². The molecule has 0 aliphatic carbocycles. The molecule has 1 N–H and O–H groups in total. The van der Waals surface area contributed by atoms with Crippen molar-refractivity contribution >= 4 is 23.1 Å². The van der Waals surface area contributed by atoms with Gasteiger partial charge in [0.2, 0.25) is 0 Å². The normalized spacial score (nSPS) is 9.71. The number of nitriles is 1. The zero-order chi connectivity index (χ0) is 12.3. The van der Waals surface area contributed by atoms with E-state index < -0.39 is 0 Å². The Balaban J connectivity index is 2.34. The highest BCUT2D eigenvalue weighted by atomic mass is 35.5. The van der Waals surface area contributed by atoms with Crippen LogP contribution in [-0.2, 0) is 0 Å². The third-order valence-corrected chi connectivity index (χ3v) is 2.53. The molecule has 4 nitrogen and oxygen atoms in total. The lowest BCUT2D eigenvalue weighted by Gasteiger charge is -2.07. The van der Waals surface area contributed by atoms with E-state index in [4.69, 9.17) is 16.9 Å². The van der Waals surface area contributed by atoms with E-state index in [0.717, 1.165) is 11.3 Å². The van der Waals surface area contributed by atoms with Crippen LogP contribution in [0.25, 0.3) is 0 Å². The quantitative estimate of drug-likeness (QED) is 0.882. The van der Waals surface area contributed by atoms with Gasteiger partial charge in [0, 0.05) is 12.4 Å². The SMILES string of the molecule is Cc1cncc(Nc2nccc(C#N)c2Cl)c1. The summed E-state index contributed by atoms with van der Waals surface area (Å²) in [5.74, 6) is 0.457. The summed E-state index contributed by atoms with van der Waals surface area (Å²) in [4.78, 5) is 8.14. The van der Waals surface area contributed by atoms with Gasteiger partial charge in [0.15, 0.2) is 5.82 Å². The average molecular weight is 245 g/mol. The summed E-state index contributed by atoms with van der Waals surface area (Å²) in [6.07, 6.45) is 4.96. The molecule has 17 heavy (non-hydrogen) atoms. The Kier molecular flexibility index (Phi) is 3.22. The minimum absolute atomic E-state index is 0.316. The first-order valence-corrected chi connectivity index (χ1v) is 5.32. The monoisotopic (exact) mass is 244 g/mol. The molecule has 0 fully saturated rings. The van der Waals surface area contributed by atoms with Gasteiger partial charge in [0.1, 0.15) is 11.1 Å². The van der Waals surface area contributed by atoms with Crippen molar-refractivity contribution in [2.45, 2.75) is 6.92 Å². The van der Waals surface area contributed by atoms with Crippen LogP contribution in [0.15, 0.2) is 30.7 Å². The van der Waals surface area contributed by atoms with Crippen LogP contribution in [0.1, 0.15) is 11.1 Å². The second-order valence-corrected chi connectivity index (χ2v) is 3.89. The van der Waals surface area contributed by atoms with Crippen LogP contribution in [0.5, 0.6) is 0 Å². The van der Waals surface area contributed by atoms with E-state index >= 15 is 0 Å². The standard InChI is InChI=1S/C12H9ClN4/c1-8-4-10(7-15-6-8)17-12-11(13)9(5-14)2-3-16-12/h2-4,6-7H,1H3,(H,16,17). The molecule has 5 heteroatoms. The number of nitrogens with zero attached hydrogens (tertiary/aromatic N) is 3. The van der Waals surface area contributed by atoms with E-state index in [9.17, 15) is 0 Å².